The number of aromatic nitrogens is 1. The van der Waals surface area contributed by atoms with Crippen molar-refractivity contribution >= 4 is 17.5 Å². The highest BCUT2D eigenvalue weighted by atomic mass is 35.5. The average molecular weight is 227 g/mol. The third kappa shape index (κ3) is 3.88. The summed E-state index contributed by atoms with van der Waals surface area (Å²) < 4.78 is 0. The summed E-state index contributed by atoms with van der Waals surface area (Å²) in [5.74, 6) is 0.311. The molecule has 3 nitrogen and oxygen atoms in total. The van der Waals surface area contributed by atoms with E-state index >= 15 is 0 Å². The van der Waals surface area contributed by atoms with Gasteiger partial charge in [-0.25, -0.2) is 0 Å². The molecule has 0 aliphatic carbocycles. The minimum absolute atomic E-state index is 0.169. The van der Waals surface area contributed by atoms with Gasteiger partial charge in [-0.05, 0) is 18.1 Å². The lowest BCUT2D eigenvalue weighted by atomic mass is 10.1. The molecule has 0 aromatic carbocycles. The minimum Gasteiger partial charge on any atom is -0.350 e. The number of carbonyl (C=O) groups is 1. The Labute approximate surface area is 94.9 Å². The van der Waals surface area contributed by atoms with E-state index in [-0.39, 0.29) is 5.91 Å². The zero-order chi connectivity index (χ0) is 11.3. The molecular weight excluding hydrogens is 212 g/mol. The van der Waals surface area contributed by atoms with Crippen LogP contribution in [0.15, 0.2) is 18.3 Å². The third-order valence-electron chi connectivity index (χ3n) is 2.26. The molecule has 0 aliphatic heterocycles. The van der Waals surface area contributed by atoms with Crippen LogP contribution in [0.5, 0.6) is 0 Å². The Kier molecular flexibility index (Phi) is 4.56. The SMILES string of the molecule is CCC(C)CNC(=O)c1cc(Cl)ccn1. The number of halogens is 1. The quantitative estimate of drug-likeness (QED) is 0.857. The summed E-state index contributed by atoms with van der Waals surface area (Å²) >= 11 is 5.76. The average Bonchev–Trinajstić information content (AvgIpc) is 2.25. The van der Waals surface area contributed by atoms with E-state index in [4.69, 9.17) is 11.6 Å². The minimum atomic E-state index is -0.169. The van der Waals surface area contributed by atoms with Crippen molar-refractivity contribution in [2.45, 2.75) is 20.3 Å². The number of hydrogen-bond donors (Lipinski definition) is 1. The van der Waals surface area contributed by atoms with Crippen LogP contribution in [0.2, 0.25) is 5.02 Å². The molecule has 0 spiro atoms. The van der Waals surface area contributed by atoms with Crippen molar-refractivity contribution in [2.75, 3.05) is 6.54 Å². The highest BCUT2D eigenvalue weighted by Gasteiger charge is 2.08. The molecular formula is C11H15ClN2O. The van der Waals surface area contributed by atoms with Crippen LogP contribution in [0.3, 0.4) is 0 Å². The van der Waals surface area contributed by atoms with E-state index in [9.17, 15) is 4.79 Å². The fraction of sp³-hybridized carbons (Fsp3) is 0.455. The summed E-state index contributed by atoms with van der Waals surface area (Å²) in [4.78, 5) is 15.5. The van der Waals surface area contributed by atoms with Crippen molar-refractivity contribution in [1.82, 2.24) is 10.3 Å². The number of nitrogens with zero attached hydrogens (tertiary/aromatic N) is 1. The highest BCUT2D eigenvalue weighted by Crippen LogP contribution is 2.08. The molecule has 0 saturated carbocycles. The molecule has 0 bridgehead atoms. The van der Waals surface area contributed by atoms with Gasteiger partial charge in [0, 0.05) is 17.8 Å². The zero-order valence-corrected chi connectivity index (χ0v) is 9.71. The van der Waals surface area contributed by atoms with Gasteiger partial charge < -0.3 is 5.32 Å². The third-order valence-corrected chi connectivity index (χ3v) is 2.50. The molecule has 82 valence electrons. The summed E-state index contributed by atoms with van der Waals surface area (Å²) in [6.45, 7) is 4.85. The van der Waals surface area contributed by atoms with Gasteiger partial charge in [-0.3, -0.25) is 9.78 Å². The molecule has 0 radical (unpaired) electrons. The Bertz CT molecular complexity index is 341. The molecule has 1 rings (SSSR count). The van der Waals surface area contributed by atoms with Gasteiger partial charge in [0.05, 0.1) is 0 Å². The van der Waals surface area contributed by atoms with Gasteiger partial charge in [-0.15, -0.1) is 0 Å². The van der Waals surface area contributed by atoms with Gasteiger partial charge in [-0.2, -0.15) is 0 Å². The largest absolute Gasteiger partial charge is 0.350 e. The monoisotopic (exact) mass is 226 g/mol. The van der Waals surface area contributed by atoms with Gasteiger partial charge in [-0.1, -0.05) is 31.9 Å². The standard InChI is InChI=1S/C11H15ClN2O/c1-3-8(2)7-14-11(15)10-6-9(12)4-5-13-10/h4-6,8H,3,7H2,1-2H3,(H,14,15). The summed E-state index contributed by atoms with van der Waals surface area (Å²) in [7, 11) is 0. The van der Waals surface area contributed by atoms with Crippen molar-refractivity contribution in [3.63, 3.8) is 0 Å². The second-order valence-electron chi connectivity index (χ2n) is 3.58. The van der Waals surface area contributed by atoms with Gasteiger partial charge >= 0.3 is 0 Å². The topological polar surface area (TPSA) is 42.0 Å². The van der Waals surface area contributed by atoms with Crippen LogP contribution in [0.1, 0.15) is 30.8 Å². The van der Waals surface area contributed by atoms with E-state index in [2.05, 4.69) is 24.1 Å². The number of rotatable bonds is 4. The van der Waals surface area contributed by atoms with E-state index in [0.29, 0.717) is 23.2 Å². The van der Waals surface area contributed by atoms with E-state index in [1.807, 2.05) is 0 Å². The summed E-state index contributed by atoms with van der Waals surface area (Å²) in [6.07, 6.45) is 2.57. The molecule has 0 aliphatic rings. The Morgan fingerprint density at radius 1 is 1.67 bits per heavy atom. The predicted octanol–water partition coefficient (Wildman–Crippen LogP) is 2.51. The molecule has 0 saturated heterocycles. The predicted molar refractivity (Wildman–Crippen MR) is 61.0 cm³/mol. The van der Waals surface area contributed by atoms with Crippen LogP contribution in [0.4, 0.5) is 0 Å². The smallest absolute Gasteiger partial charge is 0.269 e. The van der Waals surface area contributed by atoms with E-state index in [1.54, 1.807) is 12.1 Å². The van der Waals surface area contributed by atoms with Crippen molar-refractivity contribution in [3.05, 3.63) is 29.0 Å². The second kappa shape index (κ2) is 5.71. The van der Waals surface area contributed by atoms with Crippen molar-refractivity contribution < 1.29 is 4.79 Å². The molecule has 0 fully saturated rings. The maximum Gasteiger partial charge on any atom is 0.269 e. The molecule has 15 heavy (non-hydrogen) atoms. The van der Waals surface area contributed by atoms with E-state index < -0.39 is 0 Å². The van der Waals surface area contributed by atoms with E-state index in [0.717, 1.165) is 6.42 Å². The number of carbonyl (C=O) groups excluding carboxylic acids is 1. The van der Waals surface area contributed by atoms with Gasteiger partial charge in [0.1, 0.15) is 5.69 Å². The molecule has 1 aromatic rings. The van der Waals surface area contributed by atoms with Crippen LogP contribution >= 0.6 is 11.6 Å². The molecule has 1 atom stereocenters. The molecule has 1 heterocycles. The van der Waals surface area contributed by atoms with Crippen LogP contribution in [0, 0.1) is 5.92 Å². The zero-order valence-electron chi connectivity index (χ0n) is 8.96. The van der Waals surface area contributed by atoms with Gasteiger partial charge in [0.15, 0.2) is 0 Å². The molecule has 4 heteroatoms. The Morgan fingerprint density at radius 2 is 2.40 bits per heavy atom. The number of hydrogen-bond acceptors (Lipinski definition) is 2. The summed E-state index contributed by atoms with van der Waals surface area (Å²) in [5.41, 5.74) is 0.366. The molecule has 1 unspecified atom stereocenters. The summed E-state index contributed by atoms with van der Waals surface area (Å²) in [6, 6.07) is 3.21. The Hall–Kier alpha value is -1.09. The van der Waals surface area contributed by atoms with Crippen molar-refractivity contribution in [3.8, 4) is 0 Å². The fourth-order valence-electron chi connectivity index (χ4n) is 1.03. The van der Waals surface area contributed by atoms with Gasteiger partial charge in [0.2, 0.25) is 0 Å². The second-order valence-corrected chi connectivity index (χ2v) is 4.02. The van der Waals surface area contributed by atoms with Crippen LogP contribution in [-0.4, -0.2) is 17.4 Å². The molecule has 1 aromatic heterocycles. The first-order chi connectivity index (χ1) is 7.13. The first-order valence-corrected chi connectivity index (χ1v) is 5.41. The first kappa shape index (κ1) is 12.0. The molecule has 1 amide bonds. The Morgan fingerprint density at radius 3 is 3.00 bits per heavy atom. The number of amides is 1. The first-order valence-electron chi connectivity index (χ1n) is 5.03. The number of nitrogens with one attached hydrogen (secondary N) is 1. The summed E-state index contributed by atoms with van der Waals surface area (Å²) in [5, 5.41) is 3.34. The van der Waals surface area contributed by atoms with Crippen LogP contribution in [-0.2, 0) is 0 Å². The maximum absolute atomic E-state index is 11.6. The van der Waals surface area contributed by atoms with Crippen LogP contribution < -0.4 is 5.32 Å². The lowest BCUT2D eigenvalue weighted by Crippen LogP contribution is -2.28. The van der Waals surface area contributed by atoms with Crippen molar-refractivity contribution in [2.24, 2.45) is 5.92 Å². The normalized spacial score (nSPS) is 12.2. The molecule has 1 N–H and O–H groups in total. The van der Waals surface area contributed by atoms with E-state index in [1.165, 1.54) is 6.20 Å². The lowest BCUT2D eigenvalue weighted by Gasteiger charge is -2.09. The maximum atomic E-state index is 11.6. The highest BCUT2D eigenvalue weighted by molar-refractivity contribution is 6.30. The van der Waals surface area contributed by atoms with Crippen molar-refractivity contribution in [1.29, 1.82) is 0 Å². The van der Waals surface area contributed by atoms with Crippen LogP contribution in [0.25, 0.3) is 0 Å². The Balaban J connectivity index is 2.54. The van der Waals surface area contributed by atoms with Gasteiger partial charge in [0.25, 0.3) is 5.91 Å². The fourth-order valence-corrected chi connectivity index (χ4v) is 1.19. The lowest BCUT2D eigenvalue weighted by molar-refractivity contribution is 0.0943. The number of pyridine rings is 1.